The lowest BCUT2D eigenvalue weighted by Crippen LogP contribution is -2.22. The first-order valence-electron chi connectivity index (χ1n) is 10.4. The summed E-state index contributed by atoms with van der Waals surface area (Å²) in [5.74, 6) is 3.12. The predicted molar refractivity (Wildman–Crippen MR) is 105 cm³/mol. The molecule has 4 aliphatic rings. The first-order chi connectivity index (χ1) is 14.4. The third-order valence-electron chi connectivity index (χ3n) is 6.62. The van der Waals surface area contributed by atoms with E-state index in [1.54, 1.807) is 0 Å². The van der Waals surface area contributed by atoms with Crippen molar-refractivity contribution in [1.29, 1.82) is 0 Å². The summed E-state index contributed by atoms with van der Waals surface area (Å²) in [4.78, 5) is 17.1. The molecule has 3 saturated carbocycles. The fourth-order valence-corrected chi connectivity index (χ4v) is 4.97. The Kier molecular flexibility index (Phi) is 3.85. The molecule has 2 aromatic rings. The molecular weight excluding hydrogens is 393 g/mol. The van der Waals surface area contributed by atoms with Gasteiger partial charge in [-0.2, -0.15) is 28.1 Å². The van der Waals surface area contributed by atoms with Crippen LogP contribution in [-0.2, 0) is 6.18 Å². The second-order valence-corrected chi connectivity index (χ2v) is 8.91. The van der Waals surface area contributed by atoms with Crippen molar-refractivity contribution in [2.24, 2.45) is 17.8 Å². The van der Waals surface area contributed by atoms with Crippen LogP contribution in [0.4, 0.5) is 25.1 Å². The predicted octanol–water partition coefficient (Wildman–Crippen LogP) is 4.29. The molecule has 9 heteroatoms. The molecule has 2 N–H and O–H groups in total. The van der Waals surface area contributed by atoms with E-state index in [1.807, 2.05) is 0 Å². The molecule has 156 valence electrons. The van der Waals surface area contributed by atoms with Crippen LogP contribution in [0.1, 0.15) is 37.8 Å². The zero-order valence-electron chi connectivity index (χ0n) is 16.2. The van der Waals surface area contributed by atoms with Gasteiger partial charge in [-0.1, -0.05) is 17.7 Å². The number of pyridine rings is 1. The van der Waals surface area contributed by atoms with Crippen LogP contribution in [0.25, 0.3) is 11.5 Å². The Morgan fingerprint density at radius 2 is 1.57 bits per heavy atom. The summed E-state index contributed by atoms with van der Waals surface area (Å²) in [7, 11) is 0. The number of alkyl halides is 3. The van der Waals surface area contributed by atoms with Crippen LogP contribution in [0.15, 0.2) is 29.8 Å². The number of nitrogens with zero attached hydrogens (tertiary/aromatic N) is 4. The maximum atomic E-state index is 13.1. The average molecular weight is 414 g/mol. The molecule has 0 radical (unpaired) electrons. The Morgan fingerprint density at radius 1 is 0.833 bits per heavy atom. The minimum atomic E-state index is -4.52. The number of allylic oxidation sites excluding steroid dienone is 1. The smallest absolute Gasteiger partial charge is 0.351 e. The Labute approximate surface area is 171 Å². The van der Waals surface area contributed by atoms with E-state index >= 15 is 0 Å². The van der Waals surface area contributed by atoms with Gasteiger partial charge in [0.05, 0.1) is 0 Å². The van der Waals surface area contributed by atoms with Crippen LogP contribution < -0.4 is 10.6 Å². The highest BCUT2D eigenvalue weighted by Crippen LogP contribution is 2.52. The van der Waals surface area contributed by atoms with E-state index in [0.717, 1.165) is 43.6 Å². The Balaban J connectivity index is 1.30. The number of hydrogen-bond donors (Lipinski definition) is 2. The van der Waals surface area contributed by atoms with Crippen molar-refractivity contribution >= 4 is 11.9 Å². The van der Waals surface area contributed by atoms with Crippen LogP contribution in [0, 0.1) is 17.8 Å². The Morgan fingerprint density at radius 3 is 2.23 bits per heavy atom. The van der Waals surface area contributed by atoms with Gasteiger partial charge in [0.2, 0.25) is 11.9 Å². The van der Waals surface area contributed by atoms with Crippen molar-refractivity contribution in [1.82, 2.24) is 19.9 Å². The topological polar surface area (TPSA) is 75.6 Å². The summed E-state index contributed by atoms with van der Waals surface area (Å²) in [6.07, 6.45) is 3.20. The van der Waals surface area contributed by atoms with Crippen molar-refractivity contribution in [3.63, 3.8) is 0 Å². The number of nitrogens with one attached hydrogen (secondary N) is 2. The second kappa shape index (κ2) is 6.39. The Bertz CT molecular complexity index is 1030. The summed E-state index contributed by atoms with van der Waals surface area (Å²) in [5, 5.41) is 6.72. The summed E-state index contributed by atoms with van der Waals surface area (Å²) < 4.78 is 39.4. The van der Waals surface area contributed by atoms with Crippen LogP contribution in [0.3, 0.4) is 0 Å². The van der Waals surface area contributed by atoms with E-state index in [0.29, 0.717) is 23.9 Å². The third-order valence-corrected chi connectivity index (χ3v) is 6.62. The molecule has 0 amide bonds. The lowest BCUT2D eigenvalue weighted by molar-refractivity contribution is -0.141. The van der Waals surface area contributed by atoms with Gasteiger partial charge in [-0.05, 0) is 56.1 Å². The van der Waals surface area contributed by atoms with Crippen LogP contribution >= 0.6 is 0 Å². The number of aromatic nitrogens is 4. The van der Waals surface area contributed by atoms with E-state index in [9.17, 15) is 13.2 Å². The summed E-state index contributed by atoms with van der Waals surface area (Å²) >= 11 is 0. The normalized spacial score (nSPS) is 31.0. The minimum Gasteiger partial charge on any atom is -0.351 e. The lowest BCUT2D eigenvalue weighted by Gasteiger charge is -2.17. The van der Waals surface area contributed by atoms with Crippen molar-refractivity contribution in [3.8, 4) is 11.5 Å². The molecule has 2 heterocycles. The molecule has 0 aromatic carbocycles. The zero-order chi connectivity index (χ0) is 20.5. The minimum absolute atomic E-state index is 0.0876. The maximum absolute atomic E-state index is 13.1. The second-order valence-electron chi connectivity index (χ2n) is 8.91. The number of fused-ring (bicyclic) bond motifs is 2. The maximum Gasteiger partial charge on any atom is 0.433 e. The van der Waals surface area contributed by atoms with Gasteiger partial charge in [-0.25, -0.2) is 4.98 Å². The summed E-state index contributed by atoms with van der Waals surface area (Å²) in [6.45, 7) is 0. The van der Waals surface area contributed by atoms with Crippen molar-refractivity contribution in [3.05, 3.63) is 35.5 Å². The van der Waals surface area contributed by atoms with Gasteiger partial charge < -0.3 is 10.6 Å². The van der Waals surface area contributed by atoms with E-state index in [-0.39, 0.29) is 17.6 Å². The number of halogens is 3. The summed E-state index contributed by atoms with van der Waals surface area (Å²) in [6, 6.07) is 4.32. The molecule has 0 bridgehead atoms. The van der Waals surface area contributed by atoms with Crippen molar-refractivity contribution in [2.75, 3.05) is 10.6 Å². The number of hydrogen-bond acceptors (Lipinski definition) is 6. The molecule has 4 atom stereocenters. The molecule has 30 heavy (non-hydrogen) atoms. The molecular formula is C21H21F3N6. The van der Waals surface area contributed by atoms with Gasteiger partial charge >= 0.3 is 6.18 Å². The highest BCUT2D eigenvalue weighted by Gasteiger charge is 2.46. The van der Waals surface area contributed by atoms with Gasteiger partial charge in [-0.3, -0.25) is 0 Å². The number of rotatable bonds is 5. The van der Waals surface area contributed by atoms with Gasteiger partial charge in [0.25, 0.3) is 0 Å². The molecule has 4 unspecified atom stereocenters. The third kappa shape index (κ3) is 3.50. The van der Waals surface area contributed by atoms with Gasteiger partial charge in [0, 0.05) is 18.0 Å². The lowest BCUT2D eigenvalue weighted by atomic mass is 10.2. The first-order valence-corrected chi connectivity index (χ1v) is 10.4. The van der Waals surface area contributed by atoms with E-state index < -0.39 is 11.9 Å². The standard InChI is InChI=1S/C21H21F3N6/c22-21(23,24)17-3-1-2-16(27-17)18-28-19(25-14-6-10-4-11(10)7-14)30-20(29-18)26-15-8-12-5-13(12)9-15/h1-4,10,12-15H,5-9H2,(H2,25,26,28,29,30). The SMILES string of the molecule is FC(F)(F)c1cccc(-c2nc(NC3CC4=CC4C3)nc(NC3CC4CC4C3)n2)n1. The highest BCUT2D eigenvalue weighted by molar-refractivity contribution is 5.54. The number of anilines is 2. The molecule has 6 nitrogen and oxygen atoms in total. The quantitative estimate of drug-likeness (QED) is 0.711. The summed E-state index contributed by atoms with van der Waals surface area (Å²) in [5.41, 5.74) is 0.595. The molecule has 2 aromatic heterocycles. The van der Waals surface area contributed by atoms with Crippen LogP contribution in [0.2, 0.25) is 0 Å². The van der Waals surface area contributed by atoms with E-state index in [2.05, 4.69) is 36.6 Å². The Hall–Kier alpha value is -2.71. The zero-order valence-corrected chi connectivity index (χ0v) is 16.2. The van der Waals surface area contributed by atoms with Crippen LogP contribution in [0.5, 0.6) is 0 Å². The molecule has 0 spiro atoms. The van der Waals surface area contributed by atoms with Crippen LogP contribution in [-0.4, -0.2) is 32.0 Å². The van der Waals surface area contributed by atoms with Crippen molar-refractivity contribution < 1.29 is 13.2 Å². The van der Waals surface area contributed by atoms with E-state index in [1.165, 1.54) is 24.1 Å². The van der Waals surface area contributed by atoms with Gasteiger partial charge in [-0.15, -0.1) is 0 Å². The fraction of sp³-hybridized carbons (Fsp3) is 0.524. The van der Waals surface area contributed by atoms with Gasteiger partial charge in [0.15, 0.2) is 5.82 Å². The molecule has 6 rings (SSSR count). The fourth-order valence-electron chi connectivity index (χ4n) is 4.97. The average Bonchev–Trinajstić information content (AvgIpc) is 3.54. The molecule has 3 fully saturated rings. The van der Waals surface area contributed by atoms with Gasteiger partial charge in [0.1, 0.15) is 11.4 Å². The molecule has 4 aliphatic carbocycles. The van der Waals surface area contributed by atoms with Crippen molar-refractivity contribution in [2.45, 2.75) is 50.4 Å². The first kappa shape index (κ1) is 18.1. The molecule has 0 aliphatic heterocycles. The monoisotopic (exact) mass is 414 g/mol. The highest BCUT2D eigenvalue weighted by atomic mass is 19.4. The van der Waals surface area contributed by atoms with E-state index in [4.69, 9.17) is 0 Å². The largest absolute Gasteiger partial charge is 0.433 e. The molecule has 0 saturated heterocycles.